The summed E-state index contributed by atoms with van der Waals surface area (Å²) >= 11 is 0. The number of hydrogen-bond acceptors (Lipinski definition) is 3. The minimum Gasteiger partial charge on any atom is -0.465 e. The Morgan fingerprint density at radius 1 is 1.65 bits per heavy atom. The summed E-state index contributed by atoms with van der Waals surface area (Å²) in [5.41, 5.74) is 2.48. The summed E-state index contributed by atoms with van der Waals surface area (Å²) in [4.78, 5) is 19.2. The Kier molecular flexibility index (Phi) is 2.07. The lowest BCUT2D eigenvalue weighted by atomic mass is 10.0. The van der Waals surface area contributed by atoms with Crippen LogP contribution >= 0.6 is 0 Å². The van der Waals surface area contributed by atoms with Gasteiger partial charge >= 0.3 is 5.97 Å². The first-order chi connectivity index (χ1) is 8.22. The van der Waals surface area contributed by atoms with Crippen LogP contribution in [0.25, 0.3) is 11.4 Å². The summed E-state index contributed by atoms with van der Waals surface area (Å²) in [6.07, 6.45) is 6.27. The minimum absolute atomic E-state index is 0.327. The molecule has 5 heteroatoms. The van der Waals surface area contributed by atoms with E-state index in [1.54, 1.807) is 12.4 Å². The third kappa shape index (κ3) is 1.32. The molecule has 0 bridgehead atoms. The van der Waals surface area contributed by atoms with E-state index in [0.717, 1.165) is 23.5 Å². The molecule has 17 heavy (non-hydrogen) atoms. The molecular formula is C12H13N3O2. The number of hydrogen-bond donors (Lipinski definition) is 1. The normalized spacial score (nSPS) is 17.4. The molecule has 3 heterocycles. The molecule has 0 aromatic carbocycles. The van der Waals surface area contributed by atoms with Gasteiger partial charge in [-0.25, -0.2) is 9.78 Å². The Balaban J connectivity index is 2.22. The third-order valence-electron chi connectivity index (χ3n) is 3.23. The van der Waals surface area contributed by atoms with E-state index in [0.29, 0.717) is 11.6 Å². The molecule has 1 N–H and O–H groups in total. The van der Waals surface area contributed by atoms with Gasteiger partial charge in [-0.15, -0.1) is 0 Å². The molecule has 2 aromatic heterocycles. The summed E-state index contributed by atoms with van der Waals surface area (Å²) in [5, 5.41) is 0. The molecule has 88 valence electrons. The van der Waals surface area contributed by atoms with E-state index in [4.69, 9.17) is 4.74 Å². The second kappa shape index (κ2) is 3.48. The van der Waals surface area contributed by atoms with Crippen LogP contribution in [0.2, 0.25) is 0 Å². The first-order valence-corrected chi connectivity index (χ1v) is 5.54. The number of aromatic amines is 1. The van der Waals surface area contributed by atoms with E-state index in [-0.39, 0.29) is 5.97 Å². The Morgan fingerprint density at radius 3 is 3.24 bits per heavy atom. The zero-order chi connectivity index (χ0) is 12.0. The van der Waals surface area contributed by atoms with E-state index < -0.39 is 0 Å². The van der Waals surface area contributed by atoms with Crippen molar-refractivity contribution in [3.63, 3.8) is 0 Å². The van der Waals surface area contributed by atoms with Gasteiger partial charge in [0, 0.05) is 36.7 Å². The van der Waals surface area contributed by atoms with Gasteiger partial charge < -0.3 is 14.3 Å². The van der Waals surface area contributed by atoms with Crippen molar-refractivity contribution in [2.75, 3.05) is 7.11 Å². The fourth-order valence-electron chi connectivity index (χ4n) is 2.41. The standard InChI is InChI=1S/C12H13N3O2/c1-7-5-9-10(11-13-3-4-15(7)11)8(6-14-9)12(16)17-2/h3-4,6-7,14H,5H2,1-2H3. The van der Waals surface area contributed by atoms with Crippen molar-refractivity contribution < 1.29 is 9.53 Å². The number of imidazole rings is 1. The highest BCUT2D eigenvalue weighted by molar-refractivity contribution is 5.97. The molecule has 1 unspecified atom stereocenters. The monoisotopic (exact) mass is 231 g/mol. The van der Waals surface area contributed by atoms with Crippen LogP contribution in [0.3, 0.4) is 0 Å². The second-order valence-corrected chi connectivity index (χ2v) is 4.26. The van der Waals surface area contributed by atoms with E-state index in [1.807, 2.05) is 6.20 Å². The maximum Gasteiger partial charge on any atom is 0.340 e. The van der Waals surface area contributed by atoms with Crippen LogP contribution in [0.5, 0.6) is 0 Å². The minimum atomic E-state index is -0.327. The third-order valence-corrected chi connectivity index (χ3v) is 3.23. The van der Waals surface area contributed by atoms with Crippen LogP contribution in [0.15, 0.2) is 18.6 Å². The molecule has 0 aliphatic carbocycles. The SMILES string of the molecule is COC(=O)c1c[nH]c2c1-c1nccn1C(C)C2. The molecule has 1 aliphatic heterocycles. The number of methoxy groups -OCH3 is 1. The molecule has 5 nitrogen and oxygen atoms in total. The number of nitrogens with zero attached hydrogens (tertiary/aromatic N) is 2. The molecule has 0 saturated carbocycles. The zero-order valence-electron chi connectivity index (χ0n) is 9.73. The lowest BCUT2D eigenvalue weighted by Gasteiger charge is -2.22. The van der Waals surface area contributed by atoms with Gasteiger partial charge in [0.2, 0.25) is 0 Å². The number of carbonyl (C=O) groups excluding carboxylic acids is 1. The first-order valence-electron chi connectivity index (χ1n) is 5.54. The van der Waals surface area contributed by atoms with Crippen molar-refractivity contribution in [3.8, 4) is 11.4 Å². The number of aromatic nitrogens is 3. The number of H-pyrrole nitrogens is 1. The molecular weight excluding hydrogens is 218 g/mol. The van der Waals surface area contributed by atoms with Crippen molar-refractivity contribution >= 4 is 5.97 Å². The highest BCUT2D eigenvalue weighted by Crippen LogP contribution is 2.35. The first kappa shape index (κ1) is 10.1. The van der Waals surface area contributed by atoms with Crippen molar-refractivity contribution in [1.29, 1.82) is 0 Å². The van der Waals surface area contributed by atoms with Gasteiger partial charge in [0.25, 0.3) is 0 Å². The average molecular weight is 231 g/mol. The summed E-state index contributed by atoms with van der Waals surface area (Å²) in [5.74, 6) is 0.506. The number of fused-ring (bicyclic) bond motifs is 3. The quantitative estimate of drug-likeness (QED) is 0.761. The summed E-state index contributed by atoms with van der Waals surface area (Å²) in [6.45, 7) is 2.13. The predicted octanol–water partition coefficient (Wildman–Crippen LogP) is 1.78. The largest absolute Gasteiger partial charge is 0.465 e. The van der Waals surface area contributed by atoms with E-state index in [1.165, 1.54) is 7.11 Å². The number of nitrogens with one attached hydrogen (secondary N) is 1. The molecule has 2 aromatic rings. The van der Waals surface area contributed by atoms with E-state index >= 15 is 0 Å². The maximum absolute atomic E-state index is 11.7. The number of ether oxygens (including phenoxy) is 1. The highest BCUT2D eigenvalue weighted by atomic mass is 16.5. The number of carbonyl (C=O) groups is 1. The Hall–Kier alpha value is -2.04. The molecule has 0 saturated heterocycles. The molecule has 0 amide bonds. The molecule has 3 rings (SSSR count). The maximum atomic E-state index is 11.7. The molecule has 0 fully saturated rings. The summed E-state index contributed by atoms with van der Waals surface area (Å²) < 4.78 is 6.87. The fourth-order valence-corrected chi connectivity index (χ4v) is 2.41. The predicted molar refractivity (Wildman–Crippen MR) is 61.8 cm³/mol. The van der Waals surface area contributed by atoms with Crippen LogP contribution in [0.1, 0.15) is 29.0 Å². The van der Waals surface area contributed by atoms with Crippen molar-refractivity contribution in [3.05, 3.63) is 29.8 Å². The number of rotatable bonds is 1. The molecule has 0 radical (unpaired) electrons. The molecule has 1 aliphatic rings. The van der Waals surface area contributed by atoms with Gasteiger partial charge in [0.05, 0.1) is 18.2 Å². The average Bonchev–Trinajstić information content (AvgIpc) is 2.92. The lowest BCUT2D eigenvalue weighted by Crippen LogP contribution is -2.16. The van der Waals surface area contributed by atoms with E-state index in [9.17, 15) is 4.79 Å². The Labute approximate surface area is 98.4 Å². The zero-order valence-corrected chi connectivity index (χ0v) is 9.73. The molecule has 1 atom stereocenters. The van der Waals surface area contributed by atoms with Crippen molar-refractivity contribution in [2.45, 2.75) is 19.4 Å². The summed E-state index contributed by atoms with van der Waals surface area (Å²) in [6, 6.07) is 0.351. The summed E-state index contributed by atoms with van der Waals surface area (Å²) in [7, 11) is 1.39. The van der Waals surface area contributed by atoms with E-state index in [2.05, 4.69) is 21.5 Å². The van der Waals surface area contributed by atoms with Gasteiger partial charge in [-0.3, -0.25) is 0 Å². The lowest BCUT2D eigenvalue weighted by molar-refractivity contribution is 0.0601. The van der Waals surface area contributed by atoms with Crippen LogP contribution in [-0.4, -0.2) is 27.6 Å². The topological polar surface area (TPSA) is 59.9 Å². The van der Waals surface area contributed by atoms with Crippen LogP contribution < -0.4 is 0 Å². The smallest absolute Gasteiger partial charge is 0.340 e. The van der Waals surface area contributed by atoms with Gasteiger partial charge in [-0.05, 0) is 6.92 Å². The van der Waals surface area contributed by atoms with Crippen LogP contribution in [0.4, 0.5) is 0 Å². The van der Waals surface area contributed by atoms with Gasteiger partial charge in [-0.2, -0.15) is 0 Å². The van der Waals surface area contributed by atoms with Crippen molar-refractivity contribution in [2.24, 2.45) is 0 Å². The van der Waals surface area contributed by atoms with Crippen molar-refractivity contribution in [1.82, 2.24) is 14.5 Å². The van der Waals surface area contributed by atoms with Gasteiger partial charge in [0.15, 0.2) is 0 Å². The van der Waals surface area contributed by atoms with Gasteiger partial charge in [-0.1, -0.05) is 0 Å². The Morgan fingerprint density at radius 2 is 2.47 bits per heavy atom. The highest BCUT2D eigenvalue weighted by Gasteiger charge is 2.28. The second-order valence-electron chi connectivity index (χ2n) is 4.26. The van der Waals surface area contributed by atoms with Crippen LogP contribution in [-0.2, 0) is 11.2 Å². The molecule has 0 spiro atoms. The fraction of sp³-hybridized carbons (Fsp3) is 0.333. The number of esters is 1. The Bertz CT molecular complexity index is 582. The van der Waals surface area contributed by atoms with Gasteiger partial charge in [0.1, 0.15) is 5.82 Å². The van der Waals surface area contributed by atoms with Crippen LogP contribution in [0, 0.1) is 0 Å².